The summed E-state index contributed by atoms with van der Waals surface area (Å²) in [5, 5.41) is 6.01. The molecule has 2 heteroatoms. The first-order valence-corrected chi connectivity index (χ1v) is 6.12. The van der Waals surface area contributed by atoms with Crippen molar-refractivity contribution in [3.8, 4) is 0 Å². The maximum atomic E-state index is 13.2. The molecule has 0 aliphatic rings. The third-order valence-corrected chi connectivity index (χ3v) is 3.74. The number of carbonyl (C=O) groups is 1. The summed E-state index contributed by atoms with van der Waals surface area (Å²) in [7, 11) is 0. The van der Waals surface area contributed by atoms with Crippen LogP contribution in [0.15, 0.2) is 54.6 Å². The van der Waals surface area contributed by atoms with Gasteiger partial charge in [-0.2, -0.15) is 4.39 Å². The van der Waals surface area contributed by atoms with E-state index in [4.69, 9.17) is 0 Å². The van der Waals surface area contributed by atoms with E-state index < -0.39 is 6.04 Å². The molecule has 0 bridgehead atoms. The summed E-state index contributed by atoms with van der Waals surface area (Å²) in [6, 6.07) is 15.9. The Morgan fingerprint density at radius 3 is 2.00 bits per heavy atom. The quantitative estimate of drug-likeness (QED) is 0.352. The second-order valence-electron chi connectivity index (χ2n) is 4.74. The second kappa shape index (κ2) is 3.51. The predicted molar refractivity (Wildman–Crippen MR) is 75.6 cm³/mol. The molecule has 0 heterocycles. The van der Waals surface area contributed by atoms with Crippen molar-refractivity contribution in [1.82, 2.24) is 0 Å². The van der Waals surface area contributed by atoms with Crippen LogP contribution in [0.4, 0.5) is 4.39 Å². The third-order valence-electron chi connectivity index (χ3n) is 3.74. The van der Waals surface area contributed by atoms with E-state index in [1.54, 1.807) is 12.1 Å². The first-order valence-electron chi connectivity index (χ1n) is 6.12. The average molecular weight is 248 g/mol. The van der Waals surface area contributed by atoms with Gasteiger partial charge in [0.15, 0.2) is 0 Å². The molecule has 90 valence electrons. The standard InChI is InChI=1S/C17H9FO/c18-17(19)14-9-7-12-5-4-10-2-1-3-11-6-8-13(14)16(12)15(10)11/h1-9H. The van der Waals surface area contributed by atoms with Gasteiger partial charge in [0.25, 0.3) is 0 Å². The Labute approximate surface area is 108 Å². The summed E-state index contributed by atoms with van der Waals surface area (Å²) >= 11 is 0. The molecule has 0 saturated carbocycles. The van der Waals surface area contributed by atoms with Crippen molar-refractivity contribution in [2.75, 3.05) is 0 Å². The van der Waals surface area contributed by atoms with Crippen LogP contribution in [0.3, 0.4) is 0 Å². The molecule has 0 fully saturated rings. The zero-order valence-electron chi connectivity index (χ0n) is 9.98. The van der Waals surface area contributed by atoms with Gasteiger partial charge >= 0.3 is 6.04 Å². The van der Waals surface area contributed by atoms with Crippen LogP contribution < -0.4 is 0 Å². The minimum atomic E-state index is -1.38. The van der Waals surface area contributed by atoms with Crippen molar-refractivity contribution in [1.29, 1.82) is 0 Å². The fourth-order valence-electron chi connectivity index (χ4n) is 2.91. The molecule has 0 amide bonds. The van der Waals surface area contributed by atoms with E-state index in [1.165, 1.54) is 0 Å². The summed E-state index contributed by atoms with van der Waals surface area (Å²) in [5.74, 6) is 0. The molecule has 0 aromatic heterocycles. The van der Waals surface area contributed by atoms with E-state index in [0.717, 1.165) is 26.9 Å². The van der Waals surface area contributed by atoms with Gasteiger partial charge < -0.3 is 0 Å². The van der Waals surface area contributed by atoms with Crippen LogP contribution in [0.5, 0.6) is 0 Å². The molecule has 4 aromatic rings. The summed E-state index contributed by atoms with van der Waals surface area (Å²) < 4.78 is 13.2. The van der Waals surface area contributed by atoms with Gasteiger partial charge in [-0.25, -0.2) is 0 Å². The number of hydrogen-bond donors (Lipinski definition) is 0. The van der Waals surface area contributed by atoms with Gasteiger partial charge in [-0.15, -0.1) is 0 Å². The normalized spacial score (nSPS) is 11.6. The van der Waals surface area contributed by atoms with E-state index in [0.29, 0.717) is 5.39 Å². The van der Waals surface area contributed by atoms with Crippen molar-refractivity contribution in [2.45, 2.75) is 0 Å². The Hall–Kier alpha value is -2.48. The van der Waals surface area contributed by atoms with Crippen LogP contribution in [-0.2, 0) is 0 Å². The van der Waals surface area contributed by atoms with Gasteiger partial charge in [-0.05, 0) is 38.4 Å². The first-order chi connectivity index (χ1) is 9.25. The molecule has 0 aliphatic carbocycles. The van der Waals surface area contributed by atoms with E-state index in [-0.39, 0.29) is 5.56 Å². The maximum Gasteiger partial charge on any atom is 0.332 e. The summed E-state index contributed by atoms with van der Waals surface area (Å²) in [6.07, 6.45) is 0. The zero-order chi connectivity index (χ0) is 13.0. The Bertz CT molecular complexity index is 924. The van der Waals surface area contributed by atoms with Crippen molar-refractivity contribution < 1.29 is 9.18 Å². The van der Waals surface area contributed by atoms with Gasteiger partial charge in [0.1, 0.15) is 0 Å². The van der Waals surface area contributed by atoms with Crippen molar-refractivity contribution in [3.05, 3.63) is 60.2 Å². The van der Waals surface area contributed by atoms with Crippen LogP contribution in [-0.4, -0.2) is 6.04 Å². The Balaban J connectivity index is 2.38. The minimum Gasteiger partial charge on any atom is -0.255 e. The average Bonchev–Trinajstić information content (AvgIpc) is 2.44. The van der Waals surface area contributed by atoms with Gasteiger partial charge in [-0.3, -0.25) is 4.79 Å². The highest BCUT2D eigenvalue weighted by Gasteiger charge is 2.13. The predicted octanol–water partition coefficient (Wildman–Crippen LogP) is 4.69. The maximum absolute atomic E-state index is 13.2. The highest BCUT2D eigenvalue weighted by atomic mass is 19.1. The summed E-state index contributed by atoms with van der Waals surface area (Å²) in [5.41, 5.74) is 0.144. The molecule has 0 radical (unpaired) electrons. The molecule has 0 spiro atoms. The van der Waals surface area contributed by atoms with E-state index in [2.05, 4.69) is 6.07 Å². The number of halogens is 1. The lowest BCUT2D eigenvalue weighted by Gasteiger charge is -2.11. The number of rotatable bonds is 1. The molecule has 4 aromatic carbocycles. The monoisotopic (exact) mass is 248 g/mol. The lowest BCUT2D eigenvalue weighted by Crippen LogP contribution is -1.93. The Morgan fingerprint density at radius 2 is 1.32 bits per heavy atom. The highest BCUT2D eigenvalue weighted by molar-refractivity contribution is 6.25. The Morgan fingerprint density at radius 1 is 0.737 bits per heavy atom. The third kappa shape index (κ3) is 1.31. The van der Waals surface area contributed by atoms with E-state index in [9.17, 15) is 9.18 Å². The fourth-order valence-corrected chi connectivity index (χ4v) is 2.91. The van der Waals surface area contributed by atoms with Crippen molar-refractivity contribution in [3.63, 3.8) is 0 Å². The summed E-state index contributed by atoms with van der Waals surface area (Å²) in [6.45, 7) is 0. The van der Waals surface area contributed by atoms with E-state index in [1.807, 2.05) is 36.4 Å². The number of carbonyl (C=O) groups excluding carboxylic acids is 1. The molecule has 0 aliphatic heterocycles. The molecular formula is C17H9FO. The summed E-state index contributed by atoms with van der Waals surface area (Å²) in [4.78, 5) is 11.1. The van der Waals surface area contributed by atoms with Crippen LogP contribution in [0, 0.1) is 0 Å². The molecule has 1 nitrogen and oxygen atoms in total. The van der Waals surface area contributed by atoms with Gasteiger partial charge in [0, 0.05) is 0 Å². The van der Waals surface area contributed by atoms with E-state index >= 15 is 0 Å². The smallest absolute Gasteiger partial charge is 0.255 e. The molecule has 0 N–H and O–H groups in total. The molecule has 4 rings (SSSR count). The SMILES string of the molecule is O=C(F)c1ccc2ccc3cccc4ccc1c2c34. The minimum absolute atomic E-state index is 0.144. The van der Waals surface area contributed by atoms with Crippen LogP contribution in [0.1, 0.15) is 10.4 Å². The molecule has 19 heavy (non-hydrogen) atoms. The van der Waals surface area contributed by atoms with Gasteiger partial charge in [0.2, 0.25) is 0 Å². The van der Waals surface area contributed by atoms with Crippen LogP contribution in [0.25, 0.3) is 32.3 Å². The van der Waals surface area contributed by atoms with Crippen LogP contribution in [0.2, 0.25) is 0 Å². The highest BCUT2D eigenvalue weighted by Crippen LogP contribution is 2.35. The zero-order valence-corrected chi connectivity index (χ0v) is 9.98. The van der Waals surface area contributed by atoms with Gasteiger partial charge in [-0.1, -0.05) is 48.5 Å². The second-order valence-corrected chi connectivity index (χ2v) is 4.74. The Kier molecular flexibility index (Phi) is 1.93. The molecule has 0 atom stereocenters. The number of benzene rings is 4. The largest absolute Gasteiger partial charge is 0.332 e. The lowest BCUT2D eigenvalue weighted by molar-refractivity contribution is 0.0838. The molecule has 0 unspecified atom stereocenters. The van der Waals surface area contributed by atoms with Gasteiger partial charge in [0.05, 0.1) is 5.56 Å². The molecule has 0 saturated heterocycles. The number of hydrogen-bond acceptors (Lipinski definition) is 1. The lowest BCUT2D eigenvalue weighted by atomic mass is 9.92. The van der Waals surface area contributed by atoms with Crippen LogP contribution >= 0.6 is 0 Å². The van der Waals surface area contributed by atoms with Crippen molar-refractivity contribution >= 4 is 38.4 Å². The fraction of sp³-hybridized carbons (Fsp3) is 0. The van der Waals surface area contributed by atoms with Crippen molar-refractivity contribution in [2.24, 2.45) is 0 Å². The molecular weight excluding hydrogens is 239 g/mol. The topological polar surface area (TPSA) is 17.1 Å². The first kappa shape index (κ1) is 10.4.